The summed E-state index contributed by atoms with van der Waals surface area (Å²) in [7, 11) is 1.66. The molecular weight excluding hydrogens is 270 g/mol. The zero-order valence-electron chi connectivity index (χ0n) is 11.5. The summed E-state index contributed by atoms with van der Waals surface area (Å²) in [6.45, 7) is 2.06. The highest BCUT2D eigenvalue weighted by Gasteiger charge is 2.07. The Morgan fingerprint density at radius 3 is 2.40 bits per heavy atom. The Balaban J connectivity index is 1.93. The molecule has 1 aromatic heterocycles. The van der Waals surface area contributed by atoms with Crippen LogP contribution in [0.15, 0.2) is 48.8 Å². The van der Waals surface area contributed by atoms with Gasteiger partial charge in [-0.15, -0.1) is 0 Å². The Hall–Kier alpha value is -2.14. The molecule has 104 valence electrons. The van der Waals surface area contributed by atoms with Crippen molar-refractivity contribution < 1.29 is 4.74 Å². The van der Waals surface area contributed by atoms with Crippen molar-refractivity contribution in [2.24, 2.45) is 0 Å². The molecule has 0 aliphatic carbocycles. The maximum atomic E-state index is 5.29. The van der Waals surface area contributed by atoms with E-state index in [-0.39, 0.29) is 6.04 Å². The molecule has 0 unspecified atom stereocenters. The van der Waals surface area contributed by atoms with Crippen LogP contribution in [0.4, 0.5) is 5.69 Å². The second-order valence-corrected chi connectivity index (χ2v) is 4.74. The van der Waals surface area contributed by atoms with Gasteiger partial charge in [0.2, 0.25) is 0 Å². The summed E-state index contributed by atoms with van der Waals surface area (Å²) in [5.41, 5.74) is 2.06. The molecule has 2 aromatic rings. The highest BCUT2D eigenvalue weighted by molar-refractivity contribution is 7.80. The van der Waals surface area contributed by atoms with E-state index in [0.717, 1.165) is 17.0 Å². The van der Waals surface area contributed by atoms with Crippen molar-refractivity contribution in [3.8, 4) is 5.75 Å². The summed E-state index contributed by atoms with van der Waals surface area (Å²) in [6.07, 6.45) is 3.44. The highest BCUT2D eigenvalue weighted by atomic mass is 32.1. The van der Waals surface area contributed by atoms with E-state index in [4.69, 9.17) is 17.0 Å². The largest absolute Gasteiger partial charge is 0.497 e. The summed E-state index contributed by atoms with van der Waals surface area (Å²) in [6, 6.07) is 11.8. The zero-order chi connectivity index (χ0) is 14.4. The molecule has 2 rings (SSSR count). The lowest BCUT2D eigenvalue weighted by molar-refractivity contribution is 0.414. The molecule has 2 N–H and O–H groups in total. The van der Waals surface area contributed by atoms with Crippen LogP contribution in [-0.4, -0.2) is 17.2 Å². The van der Waals surface area contributed by atoms with Gasteiger partial charge in [0.15, 0.2) is 5.11 Å². The molecule has 4 nitrogen and oxygen atoms in total. The summed E-state index contributed by atoms with van der Waals surface area (Å²) in [5.74, 6) is 0.846. The standard InChI is InChI=1S/C15H17N3OS/c1-11(12-3-5-14(19-2)6-4-12)17-15(20)18-13-7-9-16-10-8-13/h3-11H,1-2H3,(H2,16,17,18,20)/t11-/m1/s1. The molecule has 20 heavy (non-hydrogen) atoms. The van der Waals surface area contributed by atoms with Crippen molar-refractivity contribution in [1.29, 1.82) is 0 Å². The molecule has 0 aliphatic rings. The maximum absolute atomic E-state index is 5.29. The Kier molecular flexibility index (Phi) is 4.90. The highest BCUT2D eigenvalue weighted by Crippen LogP contribution is 2.17. The minimum absolute atomic E-state index is 0.114. The zero-order valence-corrected chi connectivity index (χ0v) is 12.3. The predicted molar refractivity (Wildman–Crippen MR) is 85.0 cm³/mol. The molecule has 0 spiro atoms. The van der Waals surface area contributed by atoms with Gasteiger partial charge in [0, 0.05) is 18.1 Å². The smallest absolute Gasteiger partial charge is 0.171 e. The van der Waals surface area contributed by atoms with Crippen LogP contribution in [0, 0.1) is 0 Å². The van der Waals surface area contributed by atoms with Gasteiger partial charge < -0.3 is 15.4 Å². The van der Waals surface area contributed by atoms with Gasteiger partial charge in [-0.2, -0.15) is 0 Å². The van der Waals surface area contributed by atoms with E-state index in [0.29, 0.717) is 5.11 Å². The SMILES string of the molecule is COc1ccc([C@@H](C)NC(=S)Nc2ccncc2)cc1. The van der Waals surface area contributed by atoms with E-state index in [1.807, 2.05) is 36.4 Å². The van der Waals surface area contributed by atoms with Crippen LogP contribution in [0.1, 0.15) is 18.5 Å². The molecule has 0 aliphatic heterocycles. The van der Waals surface area contributed by atoms with Crippen LogP contribution in [0.3, 0.4) is 0 Å². The number of nitrogens with zero attached hydrogens (tertiary/aromatic N) is 1. The predicted octanol–water partition coefficient (Wildman–Crippen LogP) is 3.14. The van der Waals surface area contributed by atoms with Gasteiger partial charge in [-0.3, -0.25) is 4.98 Å². The average molecular weight is 287 g/mol. The average Bonchev–Trinajstić information content (AvgIpc) is 2.48. The van der Waals surface area contributed by atoms with Crippen LogP contribution in [-0.2, 0) is 0 Å². The normalized spacial score (nSPS) is 11.5. The lowest BCUT2D eigenvalue weighted by Gasteiger charge is -2.17. The second kappa shape index (κ2) is 6.86. The lowest BCUT2D eigenvalue weighted by atomic mass is 10.1. The summed E-state index contributed by atoms with van der Waals surface area (Å²) >= 11 is 5.29. The van der Waals surface area contributed by atoms with Crippen molar-refractivity contribution in [2.45, 2.75) is 13.0 Å². The maximum Gasteiger partial charge on any atom is 0.171 e. The van der Waals surface area contributed by atoms with Crippen LogP contribution in [0.25, 0.3) is 0 Å². The van der Waals surface area contributed by atoms with E-state index < -0.39 is 0 Å². The van der Waals surface area contributed by atoms with Crippen LogP contribution < -0.4 is 15.4 Å². The fourth-order valence-corrected chi connectivity index (χ4v) is 2.07. The number of methoxy groups -OCH3 is 1. The van der Waals surface area contributed by atoms with Crippen molar-refractivity contribution >= 4 is 23.0 Å². The van der Waals surface area contributed by atoms with Gasteiger partial charge in [-0.25, -0.2) is 0 Å². The van der Waals surface area contributed by atoms with Crippen molar-refractivity contribution in [3.05, 3.63) is 54.4 Å². The molecule has 1 heterocycles. The molecule has 0 radical (unpaired) electrons. The van der Waals surface area contributed by atoms with E-state index in [1.165, 1.54) is 0 Å². The molecule has 0 bridgehead atoms. The number of hydrogen-bond acceptors (Lipinski definition) is 3. The fraction of sp³-hybridized carbons (Fsp3) is 0.200. The number of rotatable bonds is 4. The Labute approximate surface area is 124 Å². The first-order chi connectivity index (χ1) is 9.69. The van der Waals surface area contributed by atoms with E-state index in [2.05, 4.69) is 22.5 Å². The van der Waals surface area contributed by atoms with Crippen LogP contribution >= 0.6 is 12.2 Å². The van der Waals surface area contributed by atoms with Gasteiger partial charge in [0.1, 0.15) is 5.75 Å². The van der Waals surface area contributed by atoms with Crippen LogP contribution in [0.5, 0.6) is 5.75 Å². The Bertz CT molecular complexity index is 557. The first kappa shape index (κ1) is 14.3. The monoisotopic (exact) mass is 287 g/mol. The third kappa shape index (κ3) is 3.93. The molecule has 0 amide bonds. The third-order valence-corrected chi connectivity index (χ3v) is 3.12. The van der Waals surface area contributed by atoms with Gasteiger partial charge in [0.05, 0.1) is 13.2 Å². The minimum atomic E-state index is 0.114. The molecule has 1 atom stereocenters. The molecule has 0 saturated carbocycles. The number of nitrogens with one attached hydrogen (secondary N) is 2. The third-order valence-electron chi connectivity index (χ3n) is 2.90. The quantitative estimate of drug-likeness (QED) is 0.846. The molecule has 5 heteroatoms. The Morgan fingerprint density at radius 2 is 1.80 bits per heavy atom. The van der Waals surface area contributed by atoms with Crippen LogP contribution in [0.2, 0.25) is 0 Å². The first-order valence-corrected chi connectivity index (χ1v) is 6.71. The molecule has 0 fully saturated rings. The van der Waals surface area contributed by atoms with Gasteiger partial charge in [-0.05, 0) is 49.0 Å². The summed E-state index contributed by atoms with van der Waals surface area (Å²) < 4.78 is 5.14. The number of anilines is 1. The minimum Gasteiger partial charge on any atom is -0.497 e. The number of hydrogen-bond donors (Lipinski definition) is 2. The number of pyridine rings is 1. The lowest BCUT2D eigenvalue weighted by Crippen LogP contribution is -2.30. The second-order valence-electron chi connectivity index (χ2n) is 4.33. The van der Waals surface area contributed by atoms with Gasteiger partial charge >= 0.3 is 0 Å². The summed E-state index contributed by atoms with van der Waals surface area (Å²) in [4.78, 5) is 3.96. The number of ether oxygens (including phenoxy) is 1. The van der Waals surface area contributed by atoms with Gasteiger partial charge in [0.25, 0.3) is 0 Å². The molecule has 0 saturated heterocycles. The number of aromatic nitrogens is 1. The van der Waals surface area contributed by atoms with Crippen molar-refractivity contribution in [1.82, 2.24) is 10.3 Å². The first-order valence-electron chi connectivity index (χ1n) is 6.30. The Morgan fingerprint density at radius 1 is 1.15 bits per heavy atom. The van der Waals surface area contributed by atoms with E-state index in [1.54, 1.807) is 19.5 Å². The number of thiocarbonyl (C=S) groups is 1. The number of benzene rings is 1. The topological polar surface area (TPSA) is 46.2 Å². The molecule has 1 aromatic carbocycles. The molecular formula is C15H17N3OS. The van der Waals surface area contributed by atoms with E-state index >= 15 is 0 Å². The summed E-state index contributed by atoms with van der Waals surface area (Å²) in [5, 5.41) is 6.94. The van der Waals surface area contributed by atoms with Crippen molar-refractivity contribution in [3.63, 3.8) is 0 Å². The van der Waals surface area contributed by atoms with E-state index in [9.17, 15) is 0 Å². The fourth-order valence-electron chi connectivity index (χ4n) is 1.77. The van der Waals surface area contributed by atoms with Crippen molar-refractivity contribution in [2.75, 3.05) is 12.4 Å². The van der Waals surface area contributed by atoms with Gasteiger partial charge in [-0.1, -0.05) is 12.1 Å².